The molecule has 1 saturated heterocycles. The molecule has 1 fully saturated rings. The number of hydrogen-bond acceptors (Lipinski definition) is 3. The number of nitrogens with zero attached hydrogens (tertiary/aromatic N) is 1. The Bertz CT molecular complexity index is 848. The Balaban J connectivity index is 1.48. The summed E-state index contributed by atoms with van der Waals surface area (Å²) in [6, 6.07) is 17.3. The molecular formula is C25H32N2O3. The van der Waals surface area contributed by atoms with Crippen LogP contribution in [0.2, 0.25) is 0 Å². The second kappa shape index (κ2) is 9.33. The number of ether oxygens (including phenoxy) is 1. The van der Waals surface area contributed by atoms with Gasteiger partial charge in [0.25, 0.3) is 11.8 Å². The molecule has 1 aliphatic heterocycles. The molecule has 1 atom stereocenters. The number of likely N-dealkylation sites (tertiary alicyclic amines) is 1. The lowest BCUT2D eigenvalue weighted by Gasteiger charge is -2.34. The minimum absolute atomic E-state index is 0.0114. The summed E-state index contributed by atoms with van der Waals surface area (Å²) in [4.78, 5) is 26.9. The molecule has 0 bridgehead atoms. The summed E-state index contributed by atoms with van der Waals surface area (Å²) < 4.78 is 5.89. The normalized spacial score (nSPS) is 16.1. The van der Waals surface area contributed by atoms with Crippen LogP contribution in [-0.4, -0.2) is 41.9 Å². The van der Waals surface area contributed by atoms with E-state index >= 15 is 0 Å². The number of rotatable bonds is 5. The molecule has 2 aromatic carbocycles. The van der Waals surface area contributed by atoms with E-state index < -0.39 is 6.10 Å². The minimum Gasteiger partial charge on any atom is -0.481 e. The van der Waals surface area contributed by atoms with Crippen molar-refractivity contribution in [2.45, 2.75) is 58.1 Å². The Labute approximate surface area is 179 Å². The Morgan fingerprint density at radius 2 is 1.60 bits per heavy atom. The van der Waals surface area contributed by atoms with Gasteiger partial charge in [0.15, 0.2) is 6.10 Å². The van der Waals surface area contributed by atoms with Crippen LogP contribution < -0.4 is 10.1 Å². The second-order valence-electron chi connectivity index (χ2n) is 8.97. The van der Waals surface area contributed by atoms with Crippen LogP contribution >= 0.6 is 0 Å². The lowest BCUT2D eigenvalue weighted by molar-refractivity contribution is -0.139. The van der Waals surface area contributed by atoms with E-state index in [1.165, 1.54) is 5.56 Å². The first kappa shape index (κ1) is 21.9. The van der Waals surface area contributed by atoms with Crippen LogP contribution in [0.1, 0.15) is 56.5 Å². The van der Waals surface area contributed by atoms with Crippen LogP contribution in [0.15, 0.2) is 54.6 Å². The number of carbonyl (C=O) groups excluding carboxylic acids is 2. The van der Waals surface area contributed by atoms with Crippen molar-refractivity contribution in [2.75, 3.05) is 13.1 Å². The van der Waals surface area contributed by atoms with Crippen LogP contribution in [0.25, 0.3) is 0 Å². The van der Waals surface area contributed by atoms with Gasteiger partial charge in [0, 0.05) is 24.7 Å². The van der Waals surface area contributed by atoms with E-state index in [2.05, 4.69) is 26.1 Å². The van der Waals surface area contributed by atoms with Crippen molar-refractivity contribution in [3.05, 3.63) is 65.7 Å². The van der Waals surface area contributed by atoms with Crippen LogP contribution in [0.5, 0.6) is 5.75 Å². The second-order valence-corrected chi connectivity index (χ2v) is 8.97. The fraction of sp³-hybridized carbons (Fsp3) is 0.440. The zero-order valence-electron chi connectivity index (χ0n) is 18.4. The molecule has 3 rings (SSSR count). The minimum atomic E-state index is -0.541. The van der Waals surface area contributed by atoms with E-state index in [-0.39, 0.29) is 23.3 Å². The Kier molecular flexibility index (Phi) is 6.80. The molecule has 0 aromatic heterocycles. The van der Waals surface area contributed by atoms with Gasteiger partial charge in [0.05, 0.1) is 0 Å². The molecular weight excluding hydrogens is 376 g/mol. The highest BCUT2D eigenvalue weighted by Gasteiger charge is 2.28. The number of piperidine rings is 1. The monoisotopic (exact) mass is 408 g/mol. The molecule has 30 heavy (non-hydrogen) atoms. The molecule has 0 aliphatic carbocycles. The average Bonchev–Trinajstić information content (AvgIpc) is 2.74. The summed E-state index contributed by atoms with van der Waals surface area (Å²) in [5.74, 6) is 0.632. The van der Waals surface area contributed by atoms with Crippen LogP contribution in [0, 0.1) is 0 Å². The predicted molar refractivity (Wildman–Crippen MR) is 119 cm³/mol. The van der Waals surface area contributed by atoms with Crippen molar-refractivity contribution in [3.8, 4) is 5.75 Å². The molecule has 0 spiro atoms. The zero-order valence-corrected chi connectivity index (χ0v) is 18.4. The van der Waals surface area contributed by atoms with E-state index in [9.17, 15) is 9.59 Å². The highest BCUT2D eigenvalue weighted by atomic mass is 16.5. The fourth-order valence-corrected chi connectivity index (χ4v) is 3.65. The van der Waals surface area contributed by atoms with Gasteiger partial charge < -0.3 is 15.0 Å². The summed E-state index contributed by atoms with van der Waals surface area (Å²) in [6.07, 6.45) is 0.954. The first-order chi connectivity index (χ1) is 14.2. The molecule has 0 radical (unpaired) electrons. The van der Waals surface area contributed by atoms with Crippen molar-refractivity contribution in [1.82, 2.24) is 10.2 Å². The molecule has 5 heteroatoms. The summed E-state index contributed by atoms with van der Waals surface area (Å²) in [5, 5.41) is 3.07. The molecule has 1 heterocycles. The van der Waals surface area contributed by atoms with E-state index in [0.29, 0.717) is 24.4 Å². The number of nitrogens with one attached hydrogen (secondary N) is 1. The molecule has 1 aliphatic rings. The topological polar surface area (TPSA) is 58.6 Å². The van der Waals surface area contributed by atoms with Crippen molar-refractivity contribution < 1.29 is 14.3 Å². The maximum atomic E-state index is 12.8. The molecule has 0 unspecified atom stereocenters. The van der Waals surface area contributed by atoms with Crippen molar-refractivity contribution in [3.63, 3.8) is 0 Å². The third kappa shape index (κ3) is 5.62. The van der Waals surface area contributed by atoms with E-state index in [0.717, 1.165) is 12.8 Å². The van der Waals surface area contributed by atoms with Gasteiger partial charge in [-0.05, 0) is 55.0 Å². The summed E-state index contributed by atoms with van der Waals surface area (Å²) in [5.41, 5.74) is 1.98. The van der Waals surface area contributed by atoms with Crippen LogP contribution in [0.3, 0.4) is 0 Å². The lowest BCUT2D eigenvalue weighted by Crippen LogP contribution is -2.49. The van der Waals surface area contributed by atoms with Crippen LogP contribution in [0.4, 0.5) is 0 Å². The van der Waals surface area contributed by atoms with E-state index in [4.69, 9.17) is 4.74 Å². The molecule has 0 saturated carbocycles. The highest BCUT2D eigenvalue weighted by Crippen LogP contribution is 2.25. The first-order valence-corrected chi connectivity index (χ1v) is 10.7. The molecule has 1 N–H and O–H groups in total. The standard InChI is InChI=1S/C25H32N2O3/c1-18(30-22-12-10-20(11-13-22)25(2,3)4)24(29)27-16-14-21(15-17-27)26-23(28)19-8-6-5-7-9-19/h5-13,18,21H,14-17H2,1-4H3,(H,26,28)/t18-/m0/s1. The SMILES string of the molecule is C[C@H](Oc1ccc(C(C)(C)C)cc1)C(=O)N1CCC(NC(=O)c2ccccc2)CC1. The largest absolute Gasteiger partial charge is 0.481 e. The highest BCUT2D eigenvalue weighted by molar-refractivity contribution is 5.94. The smallest absolute Gasteiger partial charge is 0.263 e. The molecule has 2 aromatic rings. The van der Waals surface area contributed by atoms with Gasteiger partial charge in [-0.1, -0.05) is 51.1 Å². The molecule has 160 valence electrons. The summed E-state index contributed by atoms with van der Waals surface area (Å²) >= 11 is 0. The van der Waals surface area contributed by atoms with Gasteiger partial charge in [-0.15, -0.1) is 0 Å². The third-order valence-corrected chi connectivity index (χ3v) is 5.56. The number of carbonyl (C=O) groups is 2. The quantitative estimate of drug-likeness (QED) is 0.808. The number of benzene rings is 2. The van der Waals surface area contributed by atoms with Gasteiger partial charge >= 0.3 is 0 Å². The Morgan fingerprint density at radius 3 is 2.17 bits per heavy atom. The maximum Gasteiger partial charge on any atom is 0.263 e. The van der Waals surface area contributed by atoms with Gasteiger partial charge in [0.2, 0.25) is 0 Å². The summed E-state index contributed by atoms with van der Waals surface area (Å²) in [6.45, 7) is 9.54. The van der Waals surface area contributed by atoms with Gasteiger partial charge in [-0.25, -0.2) is 0 Å². The van der Waals surface area contributed by atoms with Gasteiger partial charge in [0.1, 0.15) is 5.75 Å². The lowest BCUT2D eigenvalue weighted by atomic mass is 9.87. The Hall–Kier alpha value is -2.82. The number of hydrogen-bond donors (Lipinski definition) is 1. The number of amides is 2. The van der Waals surface area contributed by atoms with Gasteiger partial charge in [-0.3, -0.25) is 9.59 Å². The van der Waals surface area contributed by atoms with Crippen molar-refractivity contribution in [2.24, 2.45) is 0 Å². The maximum absolute atomic E-state index is 12.8. The third-order valence-electron chi connectivity index (χ3n) is 5.56. The molecule has 2 amide bonds. The average molecular weight is 409 g/mol. The van der Waals surface area contributed by atoms with E-state index in [1.54, 1.807) is 19.1 Å². The van der Waals surface area contributed by atoms with Crippen molar-refractivity contribution in [1.29, 1.82) is 0 Å². The Morgan fingerprint density at radius 1 is 1.00 bits per heavy atom. The molecule has 5 nitrogen and oxygen atoms in total. The predicted octanol–water partition coefficient (Wildman–Crippen LogP) is 4.17. The van der Waals surface area contributed by atoms with Crippen LogP contribution in [-0.2, 0) is 10.2 Å². The zero-order chi connectivity index (χ0) is 21.7. The van der Waals surface area contributed by atoms with E-state index in [1.807, 2.05) is 47.4 Å². The first-order valence-electron chi connectivity index (χ1n) is 10.7. The summed E-state index contributed by atoms with van der Waals surface area (Å²) in [7, 11) is 0. The fourth-order valence-electron chi connectivity index (χ4n) is 3.65. The van der Waals surface area contributed by atoms with Crippen molar-refractivity contribution >= 4 is 11.8 Å². The van der Waals surface area contributed by atoms with Gasteiger partial charge in [-0.2, -0.15) is 0 Å².